The normalized spacial score (nSPS) is 31.3. The van der Waals surface area contributed by atoms with Gasteiger partial charge >= 0.3 is 0 Å². The van der Waals surface area contributed by atoms with Crippen LogP contribution in [0.1, 0.15) is 45.6 Å². The summed E-state index contributed by atoms with van der Waals surface area (Å²) in [7, 11) is 4.10. The minimum atomic E-state index is 0.240. The van der Waals surface area contributed by atoms with E-state index in [1.54, 1.807) is 0 Å². The van der Waals surface area contributed by atoms with Gasteiger partial charge in [0.15, 0.2) is 0 Å². The number of hydrogen-bond donors (Lipinski definition) is 0. The zero-order valence-electron chi connectivity index (χ0n) is 14.4. The molecule has 2 aliphatic rings. The molecule has 3 rings (SSSR count). The lowest BCUT2D eigenvalue weighted by molar-refractivity contribution is 0.194. The molecule has 0 aromatic heterocycles. The first kappa shape index (κ1) is 15.3. The third-order valence-corrected chi connectivity index (χ3v) is 6.31. The van der Waals surface area contributed by atoms with Crippen LogP contribution in [0.2, 0.25) is 0 Å². The second kappa shape index (κ2) is 5.22. The molecule has 0 unspecified atom stereocenters. The van der Waals surface area contributed by atoms with Crippen LogP contribution in [0.5, 0.6) is 0 Å². The fourth-order valence-corrected chi connectivity index (χ4v) is 4.10. The highest BCUT2D eigenvalue weighted by Crippen LogP contribution is 2.63. The second-order valence-electron chi connectivity index (χ2n) is 7.77. The Morgan fingerprint density at radius 3 is 2.32 bits per heavy atom. The maximum absolute atomic E-state index is 4.60. The Morgan fingerprint density at radius 2 is 1.82 bits per heavy atom. The Balaban J connectivity index is 1.75. The first-order valence-corrected chi connectivity index (χ1v) is 8.22. The summed E-state index contributed by atoms with van der Waals surface area (Å²) in [5.41, 5.74) is 4.21. The van der Waals surface area contributed by atoms with Crippen LogP contribution in [0.15, 0.2) is 34.5 Å². The summed E-state index contributed by atoms with van der Waals surface area (Å²) >= 11 is 0. The lowest BCUT2D eigenvalue weighted by Gasteiger charge is -2.34. The Morgan fingerprint density at radius 1 is 1.14 bits per heavy atom. The van der Waals surface area contributed by atoms with Gasteiger partial charge < -0.3 is 4.90 Å². The maximum Gasteiger partial charge on any atom is 0.0568 e. The Hall–Kier alpha value is -1.64. The van der Waals surface area contributed by atoms with Crippen LogP contribution in [0, 0.1) is 16.7 Å². The van der Waals surface area contributed by atoms with Gasteiger partial charge in [-0.1, -0.05) is 32.9 Å². The summed E-state index contributed by atoms with van der Waals surface area (Å²) in [5, 5.41) is 8.98. The quantitative estimate of drug-likeness (QED) is 0.601. The first-order chi connectivity index (χ1) is 10.3. The lowest BCUT2D eigenvalue weighted by atomic mass is 9.70. The van der Waals surface area contributed by atoms with Crippen molar-refractivity contribution in [2.45, 2.75) is 40.0 Å². The van der Waals surface area contributed by atoms with E-state index >= 15 is 0 Å². The summed E-state index contributed by atoms with van der Waals surface area (Å²) in [4.78, 5) is 2.10. The molecule has 0 heterocycles. The molecule has 2 aliphatic carbocycles. The van der Waals surface area contributed by atoms with Gasteiger partial charge in [-0.3, -0.25) is 0 Å². The molecule has 2 saturated carbocycles. The number of benzene rings is 1. The molecule has 2 fully saturated rings. The Kier molecular flexibility index (Phi) is 3.62. The monoisotopic (exact) mass is 297 g/mol. The van der Waals surface area contributed by atoms with E-state index in [1.807, 2.05) is 20.3 Å². The highest BCUT2D eigenvalue weighted by atomic mass is 15.2. The molecule has 3 nitrogen and oxygen atoms in total. The van der Waals surface area contributed by atoms with Crippen molar-refractivity contribution in [2.24, 2.45) is 27.0 Å². The van der Waals surface area contributed by atoms with E-state index in [0.717, 1.165) is 17.9 Å². The minimum Gasteiger partial charge on any atom is -0.378 e. The SMILES string of the molecule is CN(C)c1ccc(/C=N\N=C2\C[C@@H]3CC[C@@]2(C)C3(C)C)cc1. The summed E-state index contributed by atoms with van der Waals surface area (Å²) < 4.78 is 0. The van der Waals surface area contributed by atoms with Crippen molar-refractivity contribution >= 4 is 17.6 Å². The van der Waals surface area contributed by atoms with Gasteiger partial charge in [0.05, 0.1) is 6.21 Å². The van der Waals surface area contributed by atoms with Crippen molar-refractivity contribution < 1.29 is 0 Å². The van der Waals surface area contributed by atoms with E-state index < -0.39 is 0 Å². The van der Waals surface area contributed by atoms with Crippen LogP contribution < -0.4 is 4.90 Å². The summed E-state index contributed by atoms with van der Waals surface area (Å²) in [6.45, 7) is 7.17. The van der Waals surface area contributed by atoms with E-state index in [0.29, 0.717) is 5.41 Å². The van der Waals surface area contributed by atoms with E-state index in [9.17, 15) is 0 Å². The van der Waals surface area contributed by atoms with Gasteiger partial charge in [0, 0.05) is 30.9 Å². The average Bonchev–Trinajstić information content (AvgIpc) is 2.81. The predicted molar refractivity (Wildman–Crippen MR) is 95.0 cm³/mol. The van der Waals surface area contributed by atoms with Crippen molar-refractivity contribution in [3.63, 3.8) is 0 Å². The van der Waals surface area contributed by atoms with Gasteiger partial charge in [-0.2, -0.15) is 10.2 Å². The Bertz CT molecular complexity index is 610. The molecule has 0 aliphatic heterocycles. The van der Waals surface area contributed by atoms with Crippen LogP contribution in [0.25, 0.3) is 0 Å². The number of nitrogens with zero attached hydrogens (tertiary/aromatic N) is 3. The van der Waals surface area contributed by atoms with Crippen LogP contribution in [0.4, 0.5) is 5.69 Å². The van der Waals surface area contributed by atoms with E-state index in [1.165, 1.54) is 24.2 Å². The zero-order chi connectivity index (χ0) is 16.0. The van der Waals surface area contributed by atoms with Crippen molar-refractivity contribution in [1.29, 1.82) is 0 Å². The molecule has 0 radical (unpaired) electrons. The van der Waals surface area contributed by atoms with E-state index in [-0.39, 0.29) is 5.41 Å². The maximum atomic E-state index is 4.60. The van der Waals surface area contributed by atoms with Crippen molar-refractivity contribution in [1.82, 2.24) is 0 Å². The molecule has 2 atom stereocenters. The van der Waals surface area contributed by atoms with Crippen LogP contribution in [-0.2, 0) is 0 Å². The average molecular weight is 297 g/mol. The van der Waals surface area contributed by atoms with Crippen LogP contribution in [0.3, 0.4) is 0 Å². The molecule has 0 amide bonds. The first-order valence-electron chi connectivity index (χ1n) is 8.22. The van der Waals surface area contributed by atoms with Crippen LogP contribution in [-0.4, -0.2) is 26.0 Å². The molecule has 2 bridgehead atoms. The minimum absolute atomic E-state index is 0.240. The summed E-state index contributed by atoms with van der Waals surface area (Å²) in [6.07, 6.45) is 5.60. The van der Waals surface area contributed by atoms with Crippen LogP contribution >= 0.6 is 0 Å². The van der Waals surface area contributed by atoms with E-state index in [4.69, 9.17) is 0 Å². The highest BCUT2D eigenvalue weighted by Gasteiger charge is 2.59. The lowest BCUT2D eigenvalue weighted by Crippen LogP contribution is -2.32. The standard InChI is InChI=1S/C19H27N3/c1-18(2)15-10-11-19(18,3)17(12-15)21-20-13-14-6-8-16(9-7-14)22(4)5/h6-9,13,15H,10-12H2,1-5H3/b20-13-,21-17-/t15-,19+/m0/s1. The van der Waals surface area contributed by atoms with Crippen molar-refractivity contribution in [3.8, 4) is 0 Å². The third kappa shape index (κ3) is 2.27. The molecule has 1 aromatic carbocycles. The summed E-state index contributed by atoms with van der Waals surface area (Å²) in [6, 6.07) is 8.39. The molecule has 0 saturated heterocycles. The molecule has 22 heavy (non-hydrogen) atoms. The zero-order valence-corrected chi connectivity index (χ0v) is 14.4. The topological polar surface area (TPSA) is 28.0 Å². The third-order valence-electron chi connectivity index (χ3n) is 6.31. The molecule has 118 valence electrons. The highest BCUT2D eigenvalue weighted by molar-refractivity contribution is 5.94. The van der Waals surface area contributed by atoms with Gasteiger partial charge in [0.2, 0.25) is 0 Å². The predicted octanol–water partition coefficient (Wildman–Crippen LogP) is 4.37. The largest absolute Gasteiger partial charge is 0.378 e. The number of fused-ring (bicyclic) bond motifs is 2. The molecule has 0 N–H and O–H groups in total. The number of anilines is 1. The molecule has 1 aromatic rings. The number of rotatable bonds is 3. The van der Waals surface area contributed by atoms with Gasteiger partial charge in [0.1, 0.15) is 0 Å². The summed E-state index contributed by atoms with van der Waals surface area (Å²) in [5.74, 6) is 0.783. The molecular formula is C19H27N3. The van der Waals surface area contributed by atoms with Gasteiger partial charge in [-0.25, -0.2) is 0 Å². The smallest absolute Gasteiger partial charge is 0.0568 e. The van der Waals surface area contributed by atoms with E-state index in [2.05, 4.69) is 60.1 Å². The van der Waals surface area contributed by atoms with Gasteiger partial charge in [-0.15, -0.1) is 0 Å². The van der Waals surface area contributed by atoms with Gasteiger partial charge in [0.25, 0.3) is 0 Å². The fraction of sp³-hybridized carbons (Fsp3) is 0.579. The second-order valence-corrected chi connectivity index (χ2v) is 7.77. The van der Waals surface area contributed by atoms with Gasteiger partial charge in [-0.05, 0) is 48.3 Å². The number of hydrogen-bond acceptors (Lipinski definition) is 3. The molecule has 0 spiro atoms. The van der Waals surface area contributed by atoms with Crippen molar-refractivity contribution in [2.75, 3.05) is 19.0 Å². The molecule has 3 heteroatoms. The van der Waals surface area contributed by atoms with Crippen molar-refractivity contribution in [3.05, 3.63) is 29.8 Å². The Labute approximate surface area is 134 Å². The molecular weight excluding hydrogens is 270 g/mol. The fourth-order valence-electron chi connectivity index (χ4n) is 4.10.